The fourth-order valence-electron chi connectivity index (χ4n) is 3.05. The predicted octanol–water partition coefficient (Wildman–Crippen LogP) is 5.51. The molecule has 0 fully saturated rings. The fraction of sp³-hybridized carbons (Fsp3) is 0.292. The molecule has 1 heterocycles. The number of rotatable bonds is 5. The van der Waals surface area contributed by atoms with Crippen molar-refractivity contribution in [1.82, 2.24) is 9.97 Å². The Kier molecular flexibility index (Phi) is 5.97. The van der Waals surface area contributed by atoms with E-state index in [9.17, 15) is 4.79 Å². The van der Waals surface area contributed by atoms with Crippen molar-refractivity contribution in [2.45, 2.75) is 46.1 Å². The van der Waals surface area contributed by atoms with E-state index in [1.807, 2.05) is 42.5 Å². The van der Waals surface area contributed by atoms with Gasteiger partial charge in [0.15, 0.2) is 0 Å². The van der Waals surface area contributed by atoms with Gasteiger partial charge in [-0.1, -0.05) is 63.2 Å². The van der Waals surface area contributed by atoms with Crippen molar-refractivity contribution in [3.8, 4) is 0 Å². The SMILES string of the molecule is Cc1nc(NC(C)c2ccccc2)cc(C(=O)Nc2ccc(C(C)(C)C)cc2)n1. The van der Waals surface area contributed by atoms with Gasteiger partial charge in [-0.25, -0.2) is 9.97 Å². The zero-order valence-corrected chi connectivity index (χ0v) is 17.7. The van der Waals surface area contributed by atoms with Crippen molar-refractivity contribution in [2.75, 3.05) is 10.6 Å². The van der Waals surface area contributed by atoms with Gasteiger partial charge in [0.2, 0.25) is 0 Å². The first-order chi connectivity index (χ1) is 13.7. The second-order valence-corrected chi connectivity index (χ2v) is 8.24. The van der Waals surface area contributed by atoms with Gasteiger partial charge in [-0.05, 0) is 42.5 Å². The van der Waals surface area contributed by atoms with Crippen LogP contribution < -0.4 is 10.6 Å². The van der Waals surface area contributed by atoms with Crippen molar-refractivity contribution in [1.29, 1.82) is 0 Å². The molecule has 1 amide bonds. The largest absolute Gasteiger partial charge is 0.363 e. The Labute approximate surface area is 172 Å². The summed E-state index contributed by atoms with van der Waals surface area (Å²) in [4.78, 5) is 21.5. The molecule has 3 rings (SSSR count). The van der Waals surface area contributed by atoms with Crippen LogP contribution in [0.5, 0.6) is 0 Å². The molecule has 0 saturated heterocycles. The van der Waals surface area contributed by atoms with Crippen molar-refractivity contribution in [3.05, 3.63) is 83.3 Å². The van der Waals surface area contributed by atoms with Crippen molar-refractivity contribution >= 4 is 17.4 Å². The molecule has 0 spiro atoms. The van der Waals surface area contributed by atoms with Crippen LogP contribution in [0.25, 0.3) is 0 Å². The summed E-state index contributed by atoms with van der Waals surface area (Å²) in [6.07, 6.45) is 0. The van der Waals surface area contributed by atoms with E-state index in [-0.39, 0.29) is 17.4 Å². The van der Waals surface area contributed by atoms with E-state index in [1.165, 1.54) is 5.56 Å². The maximum Gasteiger partial charge on any atom is 0.274 e. The first kappa shape index (κ1) is 20.5. The highest BCUT2D eigenvalue weighted by Crippen LogP contribution is 2.24. The molecule has 0 aliphatic heterocycles. The third-order valence-electron chi connectivity index (χ3n) is 4.74. The molecule has 3 aromatic rings. The van der Waals surface area contributed by atoms with Crippen LogP contribution in [0.1, 0.15) is 61.2 Å². The normalized spacial score (nSPS) is 12.3. The summed E-state index contributed by atoms with van der Waals surface area (Å²) in [5.41, 5.74) is 3.51. The van der Waals surface area contributed by atoms with Gasteiger partial charge in [-0.2, -0.15) is 0 Å². The lowest BCUT2D eigenvalue weighted by atomic mass is 9.87. The van der Waals surface area contributed by atoms with E-state index in [2.05, 4.69) is 60.4 Å². The van der Waals surface area contributed by atoms with Gasteiger partial charge in [0.05, 0.1) is 0 Å². The highest BCUT2D eigenvalue weighted by Gasteiger charge is 2.15. The van der Waals surface area contributed by atoms with E-state index in [1.54, 1.807) is 13.0 Å². The Morgan fingerprint density at radius 1 is 0.966 bits per heavy atom. The summed E-state index contributed by atoms with van der Waals surface area (Å²) in [5.74, 6) is 0.917. The van der Waals surface area contributed by atoms with Crippen molar-refractivity contribution in [2.24, 2.45) is 0 Å². The van der Waals surface area contributed by atoms with Gasteiger partial charge >= 0.3 is 0 Å². The summed E-state index contributed by atoms with van der Waals surface area (Å²) in [6.45, 7) is 10.3. The van der Waals surface area contributed by atoms with Crippen LogP contribution in [0, 0.1) is 6.92 Å². The second-order valence-electron chi connectivity index (χ2n) is 8.24. The summed E-state index contributed by atoms with van der Waals surface area (Å²) in [6, 6.07) is 19.8. The first-order valence-electron chi connectivity index (χ1n) is 9.81. The smallest absolute Gasteiger partial charge is 0.274 e. The zero-order chi connectivity index (χ0) is 21.0. The molecule has 29 heavy (non-hydrogen) atoms. The Bertz CT molecular complexity index is 976. The molecule has 5 nitrogen and oxygen atoms in total. The van der Waals surface area contributed by atoms with Gasteiger partial charge in [-0.3, -0.25) is 4.79 Å². The fourth-order valence-corrected chi connectivity index (χ4v) is 3.05. The molecule has 1 unspecified atom stereocenters. The van der Waals surface area contributed by atoms with Crippen LogP contribution in [-0.2, 0) is 5.41 Å². The lowest BCUT2D eigenvalue weighted by molar-refractivity contribution is 0.102. The third kappa shape index (κ3) is 5.41. The topological polar surface area (TPSA) is 66.9 Å². The maximum absolute atomic E-state index is 12.7. The molecule has 5 heteroatoms. The number of anilines is 2. The number of carbonyl (C=O) groups excluding carboxylic acids is 1. The number of nitrogens with zero attached hydrogens (tertiary/aromatic N) is 2. The van der Waals surface area contributed by atoms with Gasteiger partial charge in [0, 0.05) is 17.8 Å². The van der Waals surface area contributed by atoms with Gasteiger partial charge in [-0.15, -0.1) is 0 Å². The Morgan fingerprint density at radius 2 is 1.62 bits per heavy atom. The highest BCUT2D eigenvalue weighted by molar-refractivity contribution is 6.03. The third-order valence-corrected chi connectivity index (χ3v) is 4.74. The van der Waals surface area contributed by atoms with E-state index in [4.69, 9.17) is 0 Å². The first-order valence-corrected chi connectivity index (χ1v) is 9.81. The molecule has 0 radical (unpaired) electrons. The summed E-state index contributed by atoms with van der Waals surface area (Å²) >= 11 is 0. The van der Waals surface area contributed by atoms with E-state index < -0.39 is 0 Å². The van der Waals surface area contributed by atoms with Crippen LogP contribution in [0.4, 0.5) is 11.5 Å². The summed E-state index contributed by atoms with van der Waals surface area (Å²) in [7, 11) is 0. The standard InChI is InChI=1S/C24H28N4O/c1-16(18-9-7-6-8-10-18)25-22-15-21(26-17(2)27-22)23(29)28-20-13-11-19(12-14-20)24(3,4)5/h6-16H,1-5H3,(H,28,29)(H,25,26,27). The van der Waals surface area contributed by atoms with Crippen molar-refractivity contribution < 1.29 is 4.79 Å². The number of carbonyl (C=O) groups is 1. The minimum atomic E-state index is -0.255. The minimum Gasteiger partial charge on any atom is -0.363 e. The molecular weight excluding hydrogens is 360 g/mol. The van der Waals surface area contributed by atoms with Crippen molar-refractivity contribution in [3.63, 3.8) is 0 Å². The van der Waals surface area contributed by atoms with Crippen LogP contribution in [0.2, 0.25) is 0 Å². The molecule has 1 aromatic heterocycles. The molecular formula is C24H28N4O. The Hall–Kier alpha value is -3.21. The van der Waals surface area contributed by atoms with Crippen LogP contribution in [0.3, 0.4) is 0 Å². The zero-order valence-electron chi connectivity index (χ0n) is 17.7. The molecule has 150 valence electrons. The average molecular weight is 389 g/mol. The maximum atomic E-state index is 12.7. The monoisotopic (exact) mass is 388 g/mol. The molecule has 2 N–H and O–H groups in total. The van der Waals surface area contributed by atoms with Gasteiger partial charge in [0.25, 0.3) is 5.91 Å². The lowest BCUT2D eigenvalue weighted by Crippen LogP contribution is -2.17. The van der Waals surface area contributed by atoms with Crippen LogP contribution in [-0.4, -0.2) is 15.9 Å². The predicted molar refractivity (Wildman–Crippen MR) is 118 cm³/mol. The van der Waals surface area contributed by atoms with Crippen LogP contribution >= 0.6 is 0 Å². The van der Waals surface area contributed by atoms with Gasteiger partial charge in [0.1, 0.15) is 17.3 Å². The number of hydrogen-bond donors (Lipinski definition) is 2. The average Bonchev–Trinajstić information content (AvgIpc) is 2.68. The number of aromatic nitrogens is 2. The summed E-state index contributed by atoms with van der Waals surface area (Å²) < 4.78 is 0. The highest BCUT2D eigenvalue weighted by atomic mass is 16.1. The van der Waals surface area contributed by atoms with Crippen LogP contribution in [0.15, 0.2) is 60.7 Å². The molecule has 0 bridgehead atoms. The molecule has 1 atom stereocenters. The lowest BCUT2D eigenvalue weighted by Gasteiger charge is -2.19. The molecule has 0 saturated carbocycles. The Morgan fingerprint density at radius 3 is 2.24 bits per heavy atom. The van der Waals surface area contributed by atoms with E-state index >= 15 is 0 Å². The number of aryl methyl sites for hydroxylation is 1. The number of nitrogens with one attached hydrogen (secondary N) is 2. The molecule has 0 aliphatic rings. The number of amides is 1. The van der Waals surface area contributed by atoms with Gasteiger partial charge < -0.3 is 10.6 Å². The minimum absolute atomic E-state index is 0.0614. The Balaban J connectivity index is 1.74. The second kappa shape index (κ2) is 8.43. The quantitative estimate of drug-likeness (QED) is 0.605. The number of hydrogen-bond acceptors (Lipinski definition) is 4. The summed E-state index contributed by atoms with van der Waals surface area (Å²) in [5, 5.41) is 6.27. The van der Waals surface area contributed by atoms with E-state index in [0.717, 1.165) is 11.3 Å². The molecule has 0 aliphatic carbocycles. The van der Waals surface area contributed by atoms with E-state index in [0.29, 0.717) is 17.3 Å². The molecule has 2 aromatic carbocycles. The number of benzene rings is 2.